The number of aromatic nitrogens is 2. The van der Waals surface area contributed by atoms with Crippen molar-refractivity contribution in [1.82, 2.24) is 15.3 Å². The van der Waals surface area contributed by atoms with Crippen molar-refractivity contribution in [3.05, 3.63) is 16.5 Å². The summed E-state index contributed by atoms with van der Waals surface area (Å²) in [5.41, 5.74) is 0.818. The average molecular weight is 297 g/mol. The second-order valence-electron chi connectivity index (χ2n) is 5.52. The second-order valence-corrected chi connectivity index (χ2v) is 5.88. The summed E-state index contributed by atoms with van der Waals surface area (Å²) < 4.78 is 0. The molecule has 110 valence electrons. The van der Waals surface area contributed by atoms with Crippen LogP contribution in [0.25, 0.3) is 0 Å². The monoisotopic (exact) mass is 296 g/mol. The topological polar surface area (TPSA) is 66.9 Å². The maximum Gasteiger partial charge on any atom is 0.221 e. The van der Waals surface area contributed by atoms with Crippen LogP contribution in [0.2, 0.25) is 5.15 Å². The van der Waals surface area contributed by atoms with E-state index < -0.39 is 0 Å². The van der Waals surface area contributed by atoms with Crippen LogP contribution < -0.4 is 10.6 Å². The average Bonchev–Trinajstić information content (AvgIpc) is 3.17. The van der Waals surface area contributed by atoms with E-state index in [9.17, 15) is 4.79 Å². The molecule has 1 aromatic heterocycles. The van der Waals surface area contributed by atoms with Crippen molar-refractivity contribution in [2.24, 2.45) is 0 Å². The van der Waals surface area contributed by atoms with Gasteiger partial charge < -0.3 is 10.6 Å². The van der Waals surface area contributed by atoms with Crippen LogP contribution in [0.1, 0.15) is 50.4 Å². The van der Waals surface area contributed by atoms with E-state index in [-0.39, 0.29) is 11.8 Å². The molecule has 20 heavy (non-hydrogen) atoms. The molecule has 1 saturated carbocycles. The predicted octanol–water partition coefficient (Wildman–Crippen LogP) is 2.64. The van der Waals surface area contributed by atoms with Crippen LogP contribution >= 0.6 is 11.6 Å². The first-order chi connectivity index (χ1) is 9.47. The molecule has 2 N–H and O–H groups in total. The van der Waals surface area contributed by atoms with Gasteiger partial charge >= 0.3 is 0 Å². The number of amides is 1. The lowest BCUT2D eigenvalue weighted by Gasteiger charge is -2.12. The van der Waals surface area contributed by atoms with Crippen LogP contribution in [-0.4, -0.2) is 28.5 Å². The normalized spacial score (nSPS) is 14.4. The van der Waals surface area contributed by atoms with Gasteiger partial charge in [0.25, 0.3) is 0 Å². The van der Waals surface area contributed by atoms with Crippen molar-refractivity contribution in [1.29, 1.82) is 0 Å². The Bertz CT molecular complexity index is 500. The maximum atomic E-state index is 11.6. The summed E-state index contributed by atoms with van der Waals surface area (Å²) >= 11 is 6.11. The van der Waals surface area contributed by atoms with Crippen molar-refractivity contribution < 1.29 is 4.79 Å². The Hall–Kier alpha value is -1.36. The van der Waals surface area contributed by atoms with E-state index in [1.807, 2.05) is 20.8 Å². The van der Waals surface area contributed by atoms with Crippen LogP contribution in [0.15, 0.2) is 0 Å². The molecule has 0 atom stereocenters. The number of hydrogen-bond donors (Lipinski definition) is 2. The molecule has 1 amide bonds. The molecule has 0 unspecified atom stereocenters. The number of carbonyl (C=O) groups is 1. The molecule has 0 spiro atoms. The first-order valence-electron chi connectivity index (χ1n) is 7.04. The second kappa shape index (κ2) is 6.39. The summed E-state index contributed by atoms with van der Waals surface area (Å²) in [6.45, 7) is 6.46. The fourth-order valence-electron chi connectivity index (χ4n) is 1.76. The van der Waals surface area contributed by atoms with Gasteiger partial charge in [-0.15, -0.1) is 0 Å². The van der Waals surface area contributed by atoms with E-state index in [0.717, 1.165) is 18.4 Å². The lowest BCUT2D eigenvalue weighted by Crippen LogP contribution is -2.27. The third-order valence-corrected chi connectivity index (χ3v) is 3.58. The minimum Gasteiger partial charge on any atom is -0.369 e. The molecule has 1 heterocycles. The summed E-state index contributed by atoms with van der Waals surface area (Å²) in [6.07, 6.45) is 2.66. The molecule has 1 aromatic rings. The van der Waals surface area contributed by atoms with Crippen LogP contribution in [0, 0.1) is 6.92 Å². The highest BCUT2D eigenvalue weighted by atomic mass is 35.5. The summed E-state index contributed by atoms with van der Waals surface area (Å²) in [4.78, 5) is 20.3. The molecule has 2 rings (SSSR count). The Labute approximate surface area is 124 Å². The number of hydrogen-bond acceptors (Lipinski definition) is 4. The molecular formula is C14H21ClN4O. The van der Waals surface area contributed by atoms with Crippen LogP contribution in [-0.2, 0) is 4.79 Å². The van der Waals surface area contributed by atoms with Gasteiger partial charge in [-0.2, -0.15) is 0 Å². The first-order valence-corrected chi connectivity index (χ1v) is 7.42. The molecule has 1 aliphatic carbocycles. The number of nitrogens with one attached hydrogen (secondary N) is 2. The third kappa shape index (κ3) is 4.07. The summed E-state index contributed by atoms with van der Waals surface area (Å²) in [5.74, 6) is 1.73. The minimum absolute atomic E-state index is 0.0851. The molecule has 0 radical (unpaired) electrons. The van der Waals surface area contributed by atoms with Gasteiger partial charge in [-0.05, 0) is 19.8 Å². The van der Waals surface area contributed by atoms with Gasteiger partial charge in [0, 0.05) is 30.5 Å². The lowest BCUT2D eigenvalue weighted by atomic mass is 10.2. The van der Waals surface area contributed by atoms with E-state index >= 15 is 0 Å². The Balaban J connectivity index is 1.92. The van der Waals surface area contributed by atoms with Crippen LogP contribution in [0.4, 0.5) is 5.82 Å². The zero-order valence-electron chi connectivity index (χ0n) is 12.2. The number of anilines is 1. The highest BCUT2D eigenvalue weighted by molar-refractivity contribution is 6.30. The highest BCUT2D eigenvalue weighted by Gasteiger charge is 2.22. The van der Waals surface area contributed by atoms with Crippen LogP contribution in [0.5, 0.6) is 0 Å². The van der Waals surface area contributed by atoms with Crippen molar-refractivity contribution in [2.45, 2.75) is 52.0 Å². The molecule has 0 aliphatic heterocycles. The van der Waals surface area contributed by atoms with E-state index in [0.29, 0.717) is 35.8 Å². The molecule has 0 saturated heterocycles. The van der Waals surface area contributed by atoms with Gasteiger partial charge in [-0.3, -0.25) is 4.79 Å². The van der Waals surface area contributed by atoms with E-state index in [1.165, 1.54) is 0 Å². The zero-order valence-corrected chi connectivity index (χ0v) is 12.9. The SMILES string of the molecule is Cc1c(Cl)nc(C(C)C)nc1NCCC(=O)NC1CC1. The van der Waals surface area contributed by atoms with Crippen molar-refractivity contribution in [3.63, 3.8) is 0 Å². The number of carbonyl (C=O) groups excluding carboxylic acids is 1. The van der Waals surface area contributed by atoms with Crippen molar-refractivity contribution >= 4 is 23.3 Å². The van der Waals surface area contributed by atoms with Gasteiger partial charge in [0.15, 0.2) is 0 Å². The first kappa shape index (κ1) is 15.0. The van der Waals surface area contributed by atoms with E-state index in [4.69, 9.17) is 11.6 Å². The fraction of sp³-hybridized carbons (Fsp3) is 0.643. The van der Waals surface area contributed by atoms with Gasteiger partial charge in [0.05, 0.1) is 0 Å². The van der Waals surface area contributed by atoms with Gasteiger partial charge in [-0.25, -0.2) is 9.97 Å². The van der Waals surface area contributed by atoms with Gasteiger partial charge in [-0.1, -0.05) is 25.4 Å². The van der Waals surface area contributed by atoms with Crippen molar-refractivity contribution in [2.75, 3.05) is 11.9 Å². The molecule has 1 aliphatic rings. The summed E-state index contributed by atoms with van der Waals surface area (Å²) in [5, 5.41) is 6.60. The van der Waals surface area contributed by atoms with E-state index in [2.05, 4.69) is 20.6 Å². The Kier molecular flexibility index (Phi) is 4.81. The summed E-state index contributed by atoms with van der Waals surface area (Å²) in [6, 6.07) is 0.408. The highest BCUT2D eigenvalue weighted by Crippen LogP contribution is 2.23. The Morgan fingerprint density at radius 2 is 2.10 bits per heavy atom. The summed E-state index contributed by atoms with van der Waals surface area (Å²) in [7, 11) is 0. The molecular weight excluding hydrogens is 276 g/mol. The third-order valence-electron chi connectivity index (χ3n) is 3.21. The molecule has 1 fully saturated rings. The standard InChI is InChI=1S/C14H21ClN4O/c1-8(2)13-18-12(15)9(3)14(19-13)16-7-6-11(20)17-10-4-5-10/h8,10H,4-7H2,1-3H3,(H,17,20)(H,16,18,19). The largest absolute Gasteiger partial charge is 0.369 e. The number of halogens is 1. The molecule has 6 heteroatoms. The Morgan fingerprint density at radius 1 is 1.40 bits per heavy atom. The van der Waals surface area contributed by atoms with Gasteiger partial charge in [0.2, 0.25) is 5.91 Å². The Morgan fingerprint density at radius 3 is 2.70 bits per heavy atom. The number of nitrogens with zero attached hydrogens (tertiary/aromatic N) is 2. The van der Waals surface area contributed by atoms with Gasteiger partial charge in [0.1, 0.15) is 16.8 Å². The van der Waals surface area contributed by atoms with E-state index in [1.54, 1.807) is 0 Å². The van der Waals surface area contributed by atoms with Crippen LogP contribution in [0.3, 0.4) is 0 Å². The zero-order chi connectivity index (χ0) is 14.7. The quantitative estimate of drug-likeness (QED) is 0.792. The number of rotatable bonds is 6. The predicted molar refractivity (Wildman–Crippen MR) is 80.1 cm³/mol. The smallest absolute Gasteiger partial charge is 0.221 e. The molecule has 0 bridgehead atoms. The van der Waals surface area contributed by atoms with Crippen molar-refractivity contribution in [3.8, 4) is 0 Å². The maximum absolute atomic E-state index is 11.6. The molecule has 5 nitrogen and oxygen atoms in total. The fourth-order valence-corrected chi connectivity index (χ4v) is 1.93. The lowest BCUT2D eigenvalue weighted by molar-refractivity contribution is -0.120. The minimum atomic E-state index is 0.0851. The molecule has 0 aromatic carbocycles.